The Morgan fingerprint density at radius 2 is 2.25 bits per heavy atom. The highest BCUT2D eigenvalue weighted by Crippen LogP contribution is 2.49. The first-order valence-electron chi connectivity index (χ1n) is 4.60. The molecule has 0 aromatic rings. The van der Waals surface area contributed by atoms with Gasteiger partial charge in [-0.05, 0) is 31.2 Å². The van der Waals surface area contributed by atoms with Crippen LogP contribution >= 0.6 is 0 Å². The van der Waals surface area contributed by atoms with Crippen LogP contribution in [0, 0.1) is 5.41 Å². The topological polar surface area (TPSA) is 38.3 Å². The van der Waals surface area contributed by atoms with Crippen molar-refractivity contribution in [2.24, 2.45) is 5.41 Å². The van der Waals surface area contributed by atoms with E-state index in [9.17, 15) is 4.79 Å². The van der Waals surface area contributed by atoms with Crippen molar-refractivity contribution in [2.75, 3.05) is 13.7 Å². The average molecular weight is 169 g/mol. The number of methoxy groups -OCH3 is 1. The van der Waals surface area contributed by atoms with Crippen LogP contribution in [0.25, 0.3) is 0 Å². The smallest absolute Gasteiger partial charge is 0.323 e. The van der Waals surface area contributed by atoms with E-state index < -0.39 is 0 Å². The minimum Gasteiger partial charge on any atom is -0.468 e. The number of hydrogen-bond donors (Lipinski definition) is 1. The second kappa shape index (κ2) is 2.73. The molecular formula is C9H15NO2. The highest BCUT2D eigenvalue weighted by molar-refractivity contribution is 5.77. The molecule has 0 aromatic heterocycles. The van der Waals surface area contributed by atoms with E-state index in [1.54, 1.807) is 0 Å². The molecule has 0 aromatic carbocycles. The summed E-state index contributed by atoms with van der Waals surface area (Å²) in [7, 11) is 1.47. The molecule has 1 aliphatic heterocycles. The molecule has 1 saturated carbocycles. The van der Waals surface area contributed by atoms with Crippen molar-refractivity contribution in [1.29, 1.82) is 0 Å². The zero-order valence-electron chi connectivity index (χ0n) is 7.43. The summed E-state index contributed by atoms with van der Waals surface area (Å²) < 4.78 is 4.76. The zero-order valence-corrected chi connectivity index (χ0v) is 7.43. The van der Waals surface area contributed by atoms with Gasteiger partial charge in [-0.3, -0.25) is 4.79 Å². The van der Waals surface area contributed by atoms with Crippen LogP contribution in [-0.4, -0.2) is 25.7 Å². The molecule has 1 N–H and O–H groups in total. The maximum atomic E-state index is 11.3. The van der Waals surface area contributed by atoms with Crippen LogP contribution in [0.5, 0.6) is 0 Å². The molecular weight excluding hydrogens is 154 g/mol. The van der Waals surface area contributed by atoms with Gasteiger partial charge in [0.2, 0.25) is 0 Å². The first kappa shape index (κ1) is 8.05. The maximum absolute atomic E-state index is 11.3. The summed E-state index contributed by atoms with van der Waals surface area (Å²) in [5.41, 5.74) is 0.271. The summed E-state index contributed by atoms with van der Waals surface area (Å²) in [6.45, 7) is 0.972. The van der Waals surface area contributed by atoms with E-state index in [1.807, 2.05) is 0 Å². The van der Waals surface area contributed by atoms with Crippen LogP contribution in [0.2, 0.25) is 0 Å². The van der Waals surface area contributed by atoms with Gasteiger partial charge in [-0.1, -0.05) is 6.42 Å². The molecule has 3 heteroatoms. The first-order chi connectivity index (χ1) is 5.78. The fourth-order valence-electron chi connectivity index (χ4n) is 2.45. The quantitative estimate of drug-likeness (QED) is 0.587. The Morgan fingerprint density at radius 3 is 2.75 bits per heavy atom. The Hall–Kier alpha value is -0.570. The minimum absolute atomic E-state index is 0.0174. The summed E-state index contributed by atoms with van der Waals surface area (Å²) in [5, 5.41) is 3.23. The molecule has 68 valence electrons. The standard InChI is InChI=1S/C9H15NO2/c1-12-8(11)7-9(3-2-4-9)5-6-10-7/h7,10H,2-6H2,1H3. The summed E-state index contributed by atoms with van der Waals surface area (Å²) >= 11 is 0. The van der Waals surface area contributed by atoms with Gasteiger partial charge in [-0.15, -0.1) is 0 Å². The molecule has 0 amide bonds. The lowest BCUT2D eigenvalue weighted by Gasteiger charge is -2.41. The molecule has 2 fully saturated rings. The third-order valence-electron chi connectivity index (χ3n) is 3.37. The van der Waals surface area contributed by atoms with Crippen molar-refractivity contribution < 1.29 is 9.53 Å². The Kier molecular flexibility index (Phi) is 1.83. The van der Waals surface area contributed by atoms with Gasteiger partial charge in [0, 0.05) is 0 Å². The zero-order chi connectivity index (χ0) is 8.60. The number of esters is 1. The predicted molar refractivity (Wildman–Crippen MR) is 44.7 cm³/mol. The normalized spacial score (nSPS) is 31.6. The number of ether oxygens (including phenoxy) is 1. The van der Waals surface area contributed by atoms with Crippen molar-refractivity contribution in [1.82, 2.24) is 5.32 Å². The molecule has 2 aliphatic rings. The third kappa shape index (κ3) is 0.959. The Bertz CT molecular complexity index is 199. The second-order valence-electron chi connectivity index (χ2n) is 3.88. The van der Waals surface area contributed by atoms with Crippen molar-refractivity contribution in [3.05, 3.63) is 0 Å². The molecule has 1 saturated heterocycles. The fraction of sp³-hybridized carbons (Fsp3) is 0.889. The van der Waals surface area contributed by atoms with Crippen molar-refractivity contribution in [3.63, 3.8) is 0 Å². The highest BCUT2D eigenvalue weighted by atomic mass is 16.5. The van der Waals surface area contributed by atoms with Gasteiger partial charge < -0.3 is 10.1 Å². The number of rotatable bonds is 1. The summed E-state index contributed by atoms with van der Waals surface area (Å²) in [6, 6.07) is -0.0174. The van der Waals surface area contributed by atoms with E-state index in [0.29, 0.717) is 0 Å². The lowest BCUT2D eigenvalue weighted by atomic mass is 9.64. The van der Waals surface area contributed by atoms with Crippen LogP contribution in [0.4, 0.5) is 0 Å². The van der Waals surface area contributed by atoms with Crippen molar-refractivity contribution in [2.45, 2.75) is 31.7 Å². The number of carbonyl (C=O) groups is 1. The van der Waals surface area contributed by atoms with E-state index in [0.717, 1.165) is 13.0 Å². The van der Waals surface area contributed by atoms with Gasteiger partial charge >= 0.3 is 5.97 Å². The van der Waals surface area contributed by atoms with Crippen molar-refractivity contribution in [3.8, 4) is 0 Å². The van der Waals surface area contributed by atoms with E-state index in [1.165, 1.54) is 26.4 Å². The van der Waals surface area contributed by atoms with Crippen LogP contribution < -0.4 is 5.32 Å². The minimum atomic E-state index is -0.0767. The molecule has 1 unspecified atom stereocenters. The molecule has 3 nitrogen and oxygen atoms in total. The largest absolute Gasteiger partial charge is 0.468 e. The van der Waals surface area contributed by atoms with Gasteiger partial charge in [0.05, 0.1) is 7.11 Å². The summed E-state index contributed by atoms with van der Waals surface area (Å²) in [6.07, 6.45) is 4.81. The summed E-state index contributed by atoms with van der Waals surface area (Å²) in [5.74, 6) is -0.0767. The maximum Gasteiger partial charge on any atom is 0.323 e. The van der Waals surface area contributed by atoms with Crippen LogP contribution in [-0.2, 0) is 9.53 Å². The Morgan fingerprint density at radius 1 is 1.50 bits per heavy atom. The molecule has 12 heavy (non-hydrogen) atoms. The first-order valence-corrected chi connectivity index (χ1v) is 4.60. The molecule has 1 heterocycles. The lowest BCUT2D eigenvalue weighted by molar-refractivity contribution is -0.147. The lowest BCUT2D eigenvalue weighted by Crippen LogP contribution is -2.47. The SMILES string of the molecule is COC(=O)C1NCCC12CCC2. The van der Waals surface area contributed by atoms with Gasteiger partial charge in [0.15, 0.2) is 0 Å². The second-order valence-corrected chi connectivity index (χ2v) is 3.88. The van der Waals surface area contributed by atoms with Crippen LogP contribution in [0.1, 0.15) is 25.7 Å². The van der Waals surface area contributed by atoms with Crippen LogP contribution in [0.15, 0.2) is 0 Å². The molecule has 1 aliphatic carbocycles. The van der Waals surface area contributed by atoms with Crippen LogP contribution in [0.3, 0.4) is 0 Å². The third-order valence-corrected chi connectivity index (χ3v) is 3.37. The average Bonchev–Trinajstić information content (AvgIpc) is 2.45. The predicted octanol–water partition coefficient (Wildman–Crippen LogP) is 0.692. The van der Waals surface area contributed by atoms with Gasteiger partial charge in [0.25, 0.3) is 0 Å². The Labute approximate surface area is 72.5 Å². The van der Waals surface area contributed by atoms with E-state index >= 15 is 0 Å². The van der Waals surface area contributed by atoms with E-state index in [4.69, 9.17) is 4.74 Å². The van der Waals surface area contributed by atoms with Gasteiger partial charge in [-0.25, -0.2) is 0 Å². The number of carbonyl (C=O) groups excluding carboxylic acids is 1. The molecule has 0 radical (unpaired) electrons. The highest BCUT2D eigenvalue weighted by Gasteiger charge is 2.50. The van der Waals surface area contributed by atoms with E-state index in [-0.39, 0.29) is 17.4 Å². The number of nitrogens with one attached hydrogen (secondary N) is 1. The Balaban J connectivity index is 2.09. The molecule has 2 rings (SSSR count). The van der Waals surface area contributed by atoms with Crippen molar-refractivity contribution >= 4 is 5.97 Å². The molecule has 1 spiro atoms. The number of hydrogen-bond acceptors (Lipinski definition) is 3. The fourth-order valence-corrected chi connectivity index (χ4v) is 2.45. The van der Waals surface area contributed by atoms with Gasteiger partial charge in [0.1, 0.15) is 6.04 Å². The van der Waals surface area contributed by atoms with Gasteiger partial charge in [-0.2, -0.15) is 0 Å². The summed E-state index contributed by atoms with van der Waals surface area (Å²) in [4.78, 5) is 11.3. The van der Waals surface area contributed by atoms with E-state index in [2.05, 4.69) is 5.32 Å². The monoisotopic (exact) mass is 169 g/mol. The molecule has 0 bridgehead atoms. The molecule has 1 atom stereocenters.